The molecular formula is C16H15ClF3N3O2. The summed E-state index contributed by atoms with van der Waals surface area (Å²) in [6.45, 7) is 2.78. The summed E-state index contributed by atoms with van der Waals surface area (Å²) in [6, 6.07) is 2.31. The van der Waals surface area contributed by atoms with Gasteiger partial charge in [-0.1, -0.05) is 18.5 Å². The van der Waals surface area contributed by atoms with E-state index >= 15 is 0 Å². The Labute approximate surface area is 147 Å². The molecule has 1 aromatic rings. The van der Waals surface area contributed by atoms with Gasteiger partial charge in [-0.2, -0.15) is 18.4 Å². The van der Waals surface area contributed by atoms with Gasteiger partial charge in [-0.05, 0) is 12.5 Å². The third kappa shape index (κ3) is 3.38. The smallest absolute Gasteiger partial charge is 0.417 e. The molecule has 2 aliphatic rings. The Balaban J connectivity index is 1.73. The molecule has 1 saturated heterocycles. The zero-order valence-corrected chi connectivity index (χ0v) is 14.1. The molecule has 25 heavy (non-hydrogen) atoms. The standard InChI is InChI=1S/C16H15ClF3N3O2/c1-2-3-13(24)25-14-9-6-23(7-10(9)14)12-4-11(16(18,19)20)8(5-21)15(17)22-12/h4,9-10,14H,2-3,6-7H2,1H3. The maximum Gasteiger partial charge on any atom is 0.417 e. The van der Waals surface area contributed by atoms with Crippen molar-refractivity contribution in [3.63, 3.8) is 0 Å². The highest BCUT2D eigenvalue weighted by atomic mass is 35.5. The van der Waals surface area contributed by atoms with E-state index in [0.717, 1.165) is 6.07 Å². The number of carbonyl (C=O) groups is 1. The molecule has 3 rings (SSSR count). The third-order valence-corrected chi connectivity index (χ3v) is 4.81. The van der Waals surface area contributed by atoms with Crippen molar-refractivity contribution in [1.29, 1.82) is 5.26 Å². The van der Waals surface area contributed by atoms with Gasteiger partial charge in [0.1, 0.15) is 28.7 Å². The van der Waals surface area contributed by atoms with Gasteiger partial charge in [0.25, 0.3) is 0 Å². The number of aromatic nitrogens is 1. The first-order valence-corrected chi connectivity index (χ1v) is 8.26. The van der Waals surface area contributed by atoms with Gasteiger partial charge in [0, 0.05) is 31.3 Å². The quantitative estimate of drug-likeness (QED) is 0.597. The lowest BCUT2D eigenvalue weighted by Crippen LogP contribution is -2.28. The van der Waals surface area contributed by atoms with E-state index in [9.17, 15) is 18.0 Å². The molecule has 0 radical (unpaired) electrons. The second-order valence-electron chi connectivity index (χ2n) is 6.24. The summed E-state index contributed by atoms with van der Waals surface area (Å²) in [5, 5.41) is 8.43. The van der Waals surface area contributed by atoms with Crippen molar-refractivity contribution in [3.05, 3.63) is 22.3 Å². The highest BCUT2D eigenvalue weighted by molar-refractivity contribution is 6.30. The van der Waals surface area contributed by atoms with Gasteiger partial charge in [-0.25, -0.2) is 4.98 Å². The number of nitriles is 1. The first-order valence-electron chi connectivity index (χ1n) is 7.88. The molecule has 134 valence electrons. The normalized spacial score (nSPS) is 24.6. The molecule has 1 aliphatic heterocycles. The molecule has 2 atom stereocenters. The highest BCUT2D eigenvalue weighted by Crippen LogP contribution is 2.49. The monoisotopic (exact) mass is 373 g/mol. The topological polar surface area (TPSA) is 66.2 Å². The first kappa shape index (κ1) is 17.8. The van der Waals surface area contributed by atoms with Crippen LogP contribution in [0.3, 0.4) is 0 Å². The minimum atomic E-state index is -4.69. The number of fused-ring (bicyclic) bond motifs is 1. The van der Waals surface area contributed by atoms with Crippen molar-refractivity contribution in [2.24, 2.45) is 11.8 Å². The zero-order chi connectivity index (χ0) is 18.4. The number of carbonyl (C=O) groups excluding carboxylic acids is 1. The molecule has 5 nitrogen and oxygen atoms in total. The lowest BCUT2D eigenvalue weighted by Gasteiger charge is -2.22. The van der Waals surface area contributed by atoms with Gasteiger partial charge in [0.15, 0.2) is 0 Å². The number of alkyl halides is 3. The molecule has 1 aromatic heterocycles. The van der Waals surface area contributed by atoms with Crippen LogP contribution in [0.4, 0.5) is 19.0 Å². The number of ether oxygens (including phenoxy) is 1. The van der Waals surface area contributed by atoms with Gasteiger partial charge >= 0.3 is 12.1 Å². The number of hydrogen-bond acceptors (Lipinski definition) is 5. The summed E-state index contributed by atoms with van der Waals surface area (Å²) in [7, 11) is 0. The van der Waals surface area contributed by atoms with Crippen LogP contribution >= 0.6 is 11.6 Å². The summed E-state index contributed by atoms with van der Waals surface area (Å²) in [5.74, 6) is 0.0484. The predicted molar refractivity (Wildman–Crippen MR) is 82.9 cm³/mol. The zero-order valence-electron chi connectivity index (χ0n) is 13.3. The van der Waals surface area contributed by atoms with E-state index < -0.39 is 22.5 Å². The van der Waals surface area contributed by atoms with Gasteiger partial charge < -0.3 is 9.64 Å². The number of nitrogens with zero attached hydrogens (tertiary/aromatic N) is 3. The number of esters is 1. The molecule has 1 aliphatic carbocycles. The number of anilines is 1. The van der Waals surface area contributed by atoms with Crippen molar-refractivity contribution in [2.45, 2.75) is 32.0 Å². The molecule has 2 fully saturated rings. The SMILES string of the molecule is CCCC(=O)OC1C2CN(c3cc(C(F)(F)F)c(C#N)c(Cl)n3)CC21. The van der Waals surface area contributed by atoms with Crippen molar-refractivity contribution in [1.82, 2.24) is 4.98 Å². The van der Waals surface area contributed by atoms with E-state index in [1.54, 1.807) is 4.90 Å². The van der Waals surface area contributed by atoms with Crippen LogP contribution in [0.15, 0.2) is 6.07 Å². The van der Waals surface area contributed by atoms with Gasteiger partial charge in [-0.15, -0.1) is 0 Å². The number of pyridine rings is 1. The molecular weight excluding hydrogens is 359 g/mol. The Hall–Kier alpha value is -2.01. The Morgan fingerprint density at radius 2 is 2.12 bits per heavy atom. The predicted octanol–water partition coefficient (Wildman–Crippen LogP) is 3.40. The maximum absolute atomic E-state index is 13.1. The molecule has 0 aromatic carbocycles. The van der Waals surface area contributed by atoms with E-state index in [-0.39, 0.29) is 29.7 Å². The second-order valence-corrected chi connectivity index (χ2v) is 6.60. The second kappa shape index (κ2) is 6.37. The fraction of sp³-hybridized carbons (Fsp3) is 0.562. The highest BCUT2D eigenvalue weighted by Gasteiger charge is 2.59. The fourth-order valence-corrected chi connectivity index (χ4v) is 3.47. The molecule has 2 unspecified atom stereocenters. The fourth-order valence-electron chi connectivity index (χ4n) is 3.24. The Bertz CT molecular complexity index is 735. The molecule has 1 saturated carbocycles. The van der Waals surface area contributed by atoms with Crippen LogP contribution in [0.25, 0.3) is 0 Å². The lowest BCUT2D eigenvalue weighted by molar-refractivity contribution is -0.146. The van der Waals surface area contributed by atoms with Crippen LogP contribution in [-0.2, 0) is 15.7 Å². The molecule has 0 N–H and O–H groups in total. The Morgan fingerprint density at radius 3 is 2.64 bits per heavy atom. The van der Waals surface area contributed by atoms with Crippen LogP contribution < -0.4 is 4.90 Å². The number of halogens is 4. The number of piperidine rings is 1. The summed E-state index contributed by atoms with van der Waals surface area (Å²) in [4.78, 5) is 17.1. The lowest BCUT2D eigenvalue weighted by atomic mass is 10.1. The summed E-state index contributed by atoms with van der Waals surface area (Å²) < 4.78 is 44.8. The minimum Gasteiger partial charge on any atom is -0.462 e. The molecule has 2 heterocycles. The van der Waals surface area contributed by atoms with E-state index in [0.29, 0.717) is 25.9 Å². The third-order valence-electron chi connectivity index (χ3n) is 4.54. The average Bonchev–Trinajstić information content (AvgIpc) is 2.96. The van der Waals surface area contributed by atoms with Crippen molar-refractivity contribution in [2.75, 3.05) is 18.0 Å². The van der Waals surface area contributed by atoms with E-state index in [2.05, 4.69) is 4.98 Å². The van der Waals surface area contributed by atoms with Crippen molar-refractivity contribution >= 4 is 23.4 Å². The van der Waals surface area contributed by atoms with Gasteiger partial charge in [-0.3, -0.25) is 4.79 Å². The number of rotatable bonds is 4. The van der Waals surface area contributed by atoms with Gasteiger partial charge in [0.05, 0.1) is 5.56 Å². The molecule has 9 heteroatoms. The van der Waals surface area contributed by atoms with Crippen molar-refractivity contribution in [3.8, 4) is 6.07 Å². The summed E-state index contributed by atoms with van der Waals surface area (Å²) in [5.41, 5.74) is -1.76. The van der Waals surface area contributed by atoms with Crippen molar-refractivity contribution < 1.29 is 22.7 Å². The van der Waals surface area contributed by atoms with Crippen LogP contribution in [-0.4, -0.2) is 30.1 Å². The summed E-state index contributed by atoms with van der Waals surface area (Å²) in [6.07, 6.45) is -3.78. The average molecular weight is 374 g/mol. The van der Waals surface area contributed by atoms with E-state index in [1.165, 1.54) is 6.07 Å². The largest absolute Gasteiger partial charge is 0.462 e. The molecule has 0 bridgehead atoms. The van der Waals surface area contributed by atoms with Crippen LogP contribution in [0, 0.1) is 23.2 Å². The van der Waals surface area contributed by atoms with Crippen LogP contribution in [0.2, 0.25) is 5.15 Å². The summed E-state index contributed by atoms with van der Waals surface area (Å²) >= 11 is 5.77. The Kier molecular flexibility index (Phi) is 4.54. The minimum absolute atomic E-state index is 0.0853. The first-order chi connectivity index (χ1) is 11.8. The van der Waals surface area contributed by atoms with Gasteiger partial charge in [0.2, 0.25) is 0 Å². The Morgan fingerprint density at radius 1 is 1.48 bits per heavy atom. The number of hydrogen-bond donors (Lipinski definition) is 0. The van der Waals surface area contributed by atoms with Crippen LogP contribution in [0.5, 0.6) is 0 Å². The maximum atomic E-state index is 13.1. The molecule has 0 amide bonds. The molecule has 0 spiro atoms. The van der Waals surface area contributed by atoms with E-state index in [1.807, 2.05) is 6.92 Å². The van der Waals surface area contributed by atoms with Crippen LogP contribution in [0.1, 0.15) is 30.9 Å². The van der Waals surface area contributed by atoms with E-state index in [4.69, 9.17) is 21.6 Å².